The summed E-state index contributed by atoms with van der Waals surface area (Å²) in [5.41, 5.74) is 0. The van der Waals surface area contributed by atoms with E-state index >= 15 is 0 Å². The van der Waals surface area contributed by atoms with E-state index in [1.54, 1.807) is 0 Å². The molecule has 2 nitrogen and oxygen atoms in total. The van der Waals surface area contributed by atoms with Gasteiger partial charge in [0.1, 0.15) is 0 Å². The Balaban J connectivity index is 3.12. The third-order valence-electron chi connectivity index (χ3n) is 3.14. The van der Waals surface area contributed by atoms with Crippen LogP contribution in [0.15, 0.2) is 12.7 Å². The van der Waals surface area contributed by atoms with E-state index in [-0.39, 0.29) is 0 Å². The van der Waals surface area contributed by atoms with Crippen LogP contribution < -0.4 is 5.32 Å². The second kappa shape index (κ2) is 13.1. The Kier molecular flexibility index (Phi) is 12.9. The molecule has 0 atom stereocenters. The van der Waals surface area contributed by atoms with Gasteiger partial charge in [-0.15, -0.1) is 6.58 Å². The lowest BCUT2D eigenvalue weighted by atomic mass is 10.1. The lowest BCUT2D eigenvalue weighted by molar-refractivity contribution is 0.320. The molecule has 0 bridgehead atoms. The van der Waals surface area contributed by atoms with Crippen molar-refractivity contribution in [1.82, 2.24) is 10.2 Å². The Hall–Kier alpha value is -0.340. The number of hydrogen-bond acceptors (Lipinski definition) is 2. The number of rotatable bonds is 13. The zero-order valence-corrected chi connectivity index (χ0v) is 12.9. The summed E-state index contributed by atoms with van der Waals surface area (Å²) < 4.78 is 0. The number of nitrogens with zero attached hydrogens (tertiary/aromatic N) is 1. The molecule has 0 aliphatic carbocycles. The maximum absolute atomic E-state index is 3.75. The van der Waals surface area contributed by atoms with Gasteiger partial charge in [0.15, 0.2) is 0 Å². The average Bonchev–Trinajstić information content (AvgIpc) is 2.32. The molecule has 0 aliphatic rings. The van der Waals surface area contributed by atoms with Crippen LogP contribution in [-0.2, 0) is 0 Å². The summed E-state index contributed by atoms with van der Waals surface area (Å²) in [6.07, 6.45) is 9.81. The minimum atomic E-state index is 0.772. The predicted molar refractivity (Wildman–Crippen MR) is 83.1 cm³/mol. The molecule has 0 rings (SSSR count). The molecular formula is C16H34N2. The Labute approximate surface area is 115 Å². The van der Waals surface area contributed by atoms with Crippen molar-refractivity contribution in [2.24, 2.45) is 5.92 Å². The van der Waals surface area contributed by atoms with Gasteiger partial charge in [-0.3, -0.25) is 0 Å². The van der Waals surface area contributed by atoms with E-state index in [9.17, 15) is 0 Å². The average molecular weight is 254 g/mol. The zero-order valence-electron chi connectivity index (χ0n) is 12.9. The Morgan fingerprint density at radius 1 is 1.06 bits per heavy atom. The van der Waals surface area contributed by atoms with E-state index in [4.69, 9.17) is 0 Å². The van der Waals surface area contributed by atoms with Crippen molar-refractivity contribution in [3.8, 4) is 0 Å². The number of unbranched alkanes of at least 4 members (excludes halogenated alkanes) is 4. The Morgan fingerprint density at radius 2 is 1.72 bits per heavy atom. The fraction of sp³-hybridized carbons (Fsp3) is 0.875. The van der Waals surface area contributed by atoms with Gasteiger partial charge in [0.05, 0.1) is 0 Å². The molecule has 0 radical (unpaired) electrons. The number of allylic oxidation sites excluding steroid dienone is 1. The quantitative estimate of drug-likeness (QED) is 0.398. The SMILES string of the molecule is C=CCCCN(C)CCCCCCNCC(C)C. The van der Waals surface area contributed by atoms with Crippen LogP contribution in [0.4, 0.5) is 0 Å². The van der Waals surface area contributed by atoms with E-state index < -0.39 is 0 Å². The molecule has 0 amide bonds. The zero-order chi connectivity index (χ0) is 13.6. The fourth-order valence-electron chi connectivity index (χ4n) is 1.99. The van der Waals surface area contributed by atoms with E-state index in [2.05, 4.69) is 37.7 Å². The molecule has 0 saturated carbocycles. The molecule has 0 fully saturated rings. The molecule has 0 heterocycles. The smallest absolute Gasteiger partial charge is 0.00188 e. The summed E-state index contributed by atoms with van der Waals surface area (Å²) in [5.74, 6) is 0.772. The van der Waals surface area contributed by atoms with Crippen molar-refractivity contribution >= 4 is 0 Å². The molecule has 0 aromatic heterocycles. The van der Waals surface area contributed by atoms with Crippen molar-refractivity contribution in [2.45, 2.75) is 52.4 Å². The highest BCUT2D eigenvalue weighted by Crippen LogP contribution is 2.02. The maximum Gasteiger partial charge on any atom is -0.00188 e. The van der Waals surface area contributed by atoms with Gasteiger partial charge in [0.25, 0.3) is 0 Å². The Bertz CT molecular complexity index is 178. The lowest BCUT2D eigenvalue weighted by Crippen LogP contribution is -2.21. The first-order chi connectivity index (χ1) is 8.66. The summed E-state index contributed by atoms with van der Waals surface area (Å²) in [6, 6.07) is 0. The van der Waals surface area contributed by atoms with Crippen LogP contribution in [0.25, 0.3) is 0 Å². The maximum atomic E-state index is 3.75. The topological polar surface area (TPSA) is 15.3 Å². The number of hydrogen-bond donors (Lipinski definition) is 1. The van der Waals surface area contributed by atoms with Crippen molar-refractivity contribution < 1.29 is 0 Å². The number of nitrogens with one attached hydrogen (secondary N) is 1. The molecule has 0 unspecified atom stereocenters. The van der Waals surface area contributed by atoms with E-state index in [0.29, 0.717) is 0 Å². The highest BCUT2D eigenvalue weighted by atomic mass is 15.1. The van der Waals surface area contributed by atoms with Crippen molar-refractivity contribution in [3.63, 3.8) is 0 Å². The highest BCUT2D eigenvalue weighted by molar-refractivity contribution is 4.66. The fourth-order valence-corrected chi connectivity index (χ4v) is 1.99. The summed E-state index contributed by atoms with van der Waals surface area (Å²) in [5, 5.41) is 3.50. The lowest BCUT2D eigenvalue weighted by Gasteiger charge is -2.15. The molecule has 2 heteroatoms. The summed E-state index contributed by atoms with van der Waals surface area (Å²) >= 11 is 0. The van der Waals surface area contributed by atoms with Gasteiger partial charge >= 0.3 is 0 Å². The second-order valence-corrected chi connectivity index (χ2v) is 5.75. The Morgan fingerprint density at radius 3 is 2.39 bits per heavy atom. The monoisotopic (exact) mass is 254 g/mol. The van der Waals surface area contributed by atoms with Crippen LogP contribution in [0.5, 0.6) is 0 Å². The van der Waals surface area contributed by atoms with Gasteiger partial charge in [0, 0.05) is 0 Å². The third-order valence-corrected chi connectivity index (χ3v) is 3.14. The largest absolute Gasteiger partial charge is 0.316 e. The predicted octanol–water partition coefficient (Wildman–Crippen LogP) is 3.69. The second-order valence-electron chi connectivity index (χ2n) is 5.75. The van der Waals surface area contributed by atoms with E-state index in [0.717, 1.165) is 18.9 Å². The van der Waals surface area contributed by atoms with Gasteiger partial charge in [-0.05, 0) is 64.8 Å². The van der Waals surface area contributed by atoms with Gasteiger partial charge in [-0.25, -0.2) is 0 Å². The van der Waals surface area contributed by atoms with Crippen LogP contribution in [0.1, 0.15) is 52.4 Å². The molecule has 0 aliphatic heterocycles. The summed E-state index contributed by atoms with van der Waals surface area (Å²) in [6.45, 7) is 13.1. The van der Waals surface area contributed by atoms with Crippen LogP contribution in [0, 0.1) is 5.92 Å². The molecule has 1 N–H and O–H groups in total. The van der Waals surface area contributed by atoms with Crippen molar-refractivity contribution in [3.05, 3.63) is 12.7 Å². The molecule has 0 aromatic carbocycles. The molecule has 0 saturated heterocycles. The van der Waals surface area contributed by atoms with Gasteiger partial charge < -0.3 is 10.2 Å². The van der Waals surface area contributed by atoms with Gasteiger partial charge in [-0.2, -0.15) is 0 Å². The molecule has 18 heavy (non-hydrogen) atoms. The molecule has 0 spiro atoms. The first kappa shape index (κ1) is 17.7. The van der Waals surface area contributed by atoms with E-state index in [1.165, 1.54) is 51.7 Å². The molecule has 108 valence electrons. The van der Waals surface area contributed by atoms with Crippen LogP contribution in [0.2, 0.25) is 0 Å². The van der Waals surface area contributed by atoms with E-state index in [1.807, 2.05) is 6.08 Å². The van der Waals surface area contributed by atoms with Crippen molar-refractivity contribution in [1.29, 1.82) is 0 Å². The van der Waals surface area contributed by atoms with Gasteiger partial charge in [0.2, 0.25) is 0 Å². The van der Waals surface area contributed by atoms with Crippen molar-refractivity contribution in [2.75, 3.05) is 33.2 Å². The van der Waals surface area contributed by atoms with Crippen LogP contribution in [-0.4, -0.2) is 38.1 Å². The first-order valence-electron chi connectivity index (χ1n) is 7.67. The minimum absolute atomic E-state index is 0.772. The molecular weight excluding hydrogens is 220 g/mol. The molecule has 0 aromatic rings. The van der Waals surface area contributed by atoms with Gasteiger partial charge in [-0.1, -0.05) is 32.8 Å². The third kappa shape index (κ3) is 13.7. The minimum Gasteiger partial charge on any atom is -0.316 e. The normalized spacial score (nSPS) is 11.4. The highest BCUT2D eigenvalue weighted by Gasteiger charge is 1.97. The summed E-state index contributed by atoms with van der Waals surface area (Å²) in [4.78, 5) is 2.44. The summed E-state index contributed by atoms with van der Waals surface area (Å²) in [7, 11) is 2.23. The van der Waals surface area contributed by atoms with Crippen LogP contribution in [0.3, 0.4) is 0 Å². The van der Waals surface area contributed by atoms with Crippen LogP contribution >= 0.6 is 0 Å². The first-order valence-corrected chi connectivity index (χ1v) is 7.67. The standard InChI is InChI=1S/C16H34N2/c1-5-6-10-13-18(4)14-11-8-7-9-12-17-15-16(2)3/h5,16-17H,1,6-15H2,2-4H3.